The lowest BCUT2D eigenvalue weighted by Gasteiger charge is -2.21. The third-order valence-electron chi connectivity index (χ3n) is 11.5. The molecular weight excluding hydrogens is 841 g/mol. The van der Waals surface area contributed by atoms with E-state index in [-0.39, 0.29) is 27.5 Å². The van der Waals surface area contributed by atoms with Gasteiger partial charge in [-0.1, -0.05) is 60.7 Å². The van der Waals surface area contributed by atoms with Crippen LogP contribution in [-0.2, 0) is 10.1 Å². The zero-order chi connectivity index (χ0) is 46.3. The maximum atomic E-state index is 13.5. The highest BCUT2D eigenvalue weighted by Crippen LogP contribution is 2.44. The van der Waals surface area contributed by atoms with Crippen molar-refractivity contribution in [2.24, 2.45) is 4.99 Å². The quantitative estimate of drug-likeness (QED) is 0.0658. The van der Waals surface area contributed by atoms with Crippen molar-refractivity contribution in [1.29, 1.82) is 0 Å². The molecule has 0 fully saturated rings. The SMILES string of the molecule is Cc1cc(C)c(NC(=O)c2ccccc2)c(C)c1N=c1ccc2c(-c3ccccc3S(=O)(=O)O)c3ccc(Nc4c(C)cc(C)c(NC(=O)c5ccccc5C(=O)O)c4C)cc3oc-2c1. The van der Waals surface area contributed by atoms with Gasteiger partial charge in [-0.05, 0) is 130 Å². The Balaban J connectivity index is 1.25. The average molecular weight is 885 g/mol. The van der Waals surface area contributed by atoms with Crippen LogP contribution in [0.2, 0.25) is 0 Å². The molecular formula is C52H44N4O8S. The third-order valence-corrected chi connectivity index (χ3v) is 12.4. The summed E-state index contributed by atoms with van der Waals surface area (Å²) in [5, 5.41) is 20.3. The number of benzene rings is 7. The molecule has 0 saturated carbocycles. The zero-order valence-electron chi connectivity index (χ0n) is 36.3. The predicted molar refractivity (Wildman–Crippen MR) is 254 cm³/mol. The molecule has 6 aromatic carbocycles. The van der Waals surface area contributed by atoms with Crippen LogP contribution in [-0.4, -0.2) is 35.9 Å². The number of nitrogens with one attached hydrogen (secondary N) is 3. The van der Waals surface area contributed by atoms with Crippen LogP contribution in [0.15, 0.2) is 142 Å². The molecule has 8 rings (SSSR count). The Hall–Kier alpha value is -7.87. The Morgan fingerprint density at radius 1 is 0.600 bits per heavy atom. The molecule has 2 amide bonds. The summed E-state index contributed by atoms with van der Waals surface area (Å²) in [5.74, 6) is -1.64. The van der Waals surface area contributed by atoms with Crippen molar-refractivity contribution in [1.82, 2.24) is 0 Å². The minimum atomic E-state index is -4.66. The maximum Gasteiger partial charge on any atom is 0.336 e. The molecule has 6 aromatic rings. The first kappa shape index (κ1) is 43.8. The molecule has 0 aromatic heterocycles. The minimum Gasteiger partial charge on any atom is -0.478 e. The number of carboxylic acid groups (broad SMARTS) is 1. The highest BCUT2D eigenvalue weighted by atomic mass is 32.2. The molecule has 0 atom stereocenters. The summed E-state index contributed by atoms with van der Waals surface area (Å²) in [6, 6.07) is 35.9. The Bertz CT molecular complexity index is 3410. The van der Waals surface area contributed by atoms with Crippen molar-refractivity contribution >= 4 is 67.3 Å². The number of amides is 2. The van der Waals surface area contributed by atoms with Crippen LogP contribution < -0.4 is 21.3 Å². The smallest absolute Gasteiger partial charge is 0.336 e. The number of carbonyl (C=O) groups is 3. The van der Waals surface area contributed by atoms with Gasteiger partial charge in [0.2, 0.25) is 0 Å². The average Bonchev–Trinajstić information content (AvgIpc) is 3.28. The van der Waals surface area contributed by atoms with Crippen LogP contribution >= 0.6 is 0 Å². The Morgan fingerprint density at radius 3 is 1.92 bits per heavy atom. The molecule has 5 N–H and O–H groups in total. The number of anilines is 4. The van der Waals surface area contributed by atoms with Gasteiger partial charge in [0.1, 0.15) is 16.2 Å². The summed E-state index contributed by atoms with van der Waals surface area (Å²) in [6.45, 7) is 11.4. The molecule has 1 aliphatic carbocycles. The summed E-state index contributed by atoms with van der Waals surface area (Å²) in [4.78, 5) is 43.4. The first-order chi connectivity index (χ1) is 31.0. The Labute approximate surface area is 375 Å². The normalized spacial score (nSPS) is 11.8. The lowest BCUT2D eigenvalue weighted by molar-refractivity contribution is 0.0692. The summed E-state index contributed by atoms with van der Waals surface area (Å²) in [6.07, 6.45) is 0. The summed E-state index contributed by atoms with van der Waals surface area (Å²) < 4.78 is 42.7. The summed E-state index contributed by atoms with van der Waals surface area (Å²) >= 11 is 0. The monoisotopic (exact) mass is 884 g/mol. The van der Waals surface area contributed by atoms with Gasteiger partial charge in [-0.3, -0.25) is 14.1 Å². The second kappa shape index (κ2) is 17.4. The van der Waals surface area contributed by atoms with E-state index in [1.165, 1.54) is 18.2 Å². The highest BCUT2D eigenvalue weighted by molar-refractivity contribution is 7.86. The van der Waals surface area contributed by atoms with Crippen LogP contribution in [0, 0.1) is 41.5 Å². The predicted octanol–water partition coefficient (Wildman–Crippen LogP) is 11.5. The van der Waals surface area contributed by atoms with Gasteiger partial charge in [0.25, 0.3) is 21.9 Å². The van der Waals surface area contributed by atoms with Gasteiger partial charge in [0, 0.05) is 62.5 Å². The molecule has 0 radical (unpaired) electrons. The first-order valence-electron chi connectivity index (χ1n) is 20.6. The first-order valence-corrected chi connectivity index (χ1v) is 22.0. The van der Waals surface area contributed by atoms with E-state index in [1.807, 2.05) is 84.0 Å². The van der Waals surface area contributed by atoms with E-state index in [2.05, 4.69) is 16.0 Å². The van der Waals surface area contributed by atoms with E-state index in [0.717, 1.165) is 27.8 Å². The van der Waals surface area contributed by atoms with E-state index >= 15 is 0 Å². The molecule has 0 saturated heterocycles. The van der Waals surface area contributed by atoms with Gasteiger partial charge in [-0.25, -0.2) is 9.79 Å². The van der Waals surface area contributed by atoms with Crippen molar-refractivity contribution in [3.05, 3.63) is 183 Å². The molecule has 326 valence electrons. The number of hydrogen-bond donors (Lipinski definition) is 5. The van der Waals surface area contributed by atoms with Crippen molar-refractivity contribution in [3.8, 4) is 22.5 Å². The summed E-state index contributed by atoms with van der Waals surface area (Å²) in [5.41, 5.74) is 10.2. The molecule has 0 bridgehead atoms. The molecule has 1 aliphatic heterocycles. The van der Waals surface area contributed by atoms with Gasteiger partial charge in [0.15, 0.2) is 0 Å². The van der Waals surface area contributed by atoms with E-state index in [9.17, 15) is 32.5 Å². The number of hydrogen-bond acceptors (Lipinski definition) is 8. The molecule has 1 heterocycles. The van der Waals surface area contributed by atoms with Gasteiger partial charge < -0.3 is 25.5 Å². The molecule has 2 aliphatic rings. The van der Waals surface area contributed by atoms with Crippen molar-refractivity contribution in [2.75, 3.05) is 16.0 Å². The lowest BCUT2D eigenvalue weighted by Crippen LogP contribution is -2.18. The molecule has 13 heteroatoms. The molecule has 12 nitrogen and oxygen atoms in total. The fourth-order valence-corrected chi connectivity index (χ4v) is 9.12. The fourth-order valence-electron chi connectivity index (χ4n) is 8.42. The van der Waals surface area contributed by atoms with Gasteiger partial charge >= 0.3 is 5.97 Å². The number of aromatic carboxylic acids is 1. The summed E-state index contributed by atoms with van der Waals surface area (Å²) in [7, 11) is -4.66. The third kappa shape index (κ3) is 8.62. The van der Waals surface area contributed by atoms with E-state index in [1.54, 1.807) is 66.7 Å². The number of carboxylic acids is 1. The molecule has 0 unspecified atom stereocenters. The van der Waals surface area contributed by atoms with Crippen LogP contribution in [0.25, 0.3) is 33.4 Å². The van der Waals surface area contributed by atoms with E-state index in [4.69, 9.17) is 9.41 Å². The van der Waals surface area contributed by atoms with Crippen molar-refractivity contribution < 1.29 is 36.9 Å². The zero-order valence-corrected chi connectivity index (χ0v) is 37.1. The van der Waals surface area contributed by atoms with Crippen LogP contribution in [0.3, 0.4) is 0 Å². The number of nitrogens with zero attached hydrogens (tertiary/aromatic N) is 1. The highest BCUT2D eigenvalue weighted by Gasteiger charge is 2.25. The molecule has 0 spiro atoms. The second-order valence-electron chi connectivity index (χ2n) is 15.9. The topological polar surface area (TPSA) is 187 Å². The minimum absolute atomic E-state index is 0.0285. The van der Waals surface area contributed by atoms with E-state index < -0.39 is 22.0 Å². The standard InChI is InChI=1S/C52H44N4O8S/c1-28-24-30(3)48(55-50(57)34-14-8-7-9-15-34)32(5)46(28)53-35-20-22-39-42(26-35)64-43-27-36(21-23-40(43)45(39)41-18-12-13-19-44(41)65(61,62)63)54-47-29(2)25-31(4)49(33(47)6)56-51(58)37-16-10-11-17-38(37)52(59)60/h7-27,54H,1-6H3,(H,55,57)(H,56,58)(H,59,60)(H,61,62,63). The number of aryl methyl sites for hydroxylation is 4. The fraction of sp³-hybridized carbons (Fsp3) is 0.115. The largest absolute Gasteiger partial charge is 0.478 e. The van der Waals surface area contributed by atoms with Crippen molar-refractivity contribution in [2.45, 2.75) is 46.4 Å². The number of carbonyl (C=O) groups excluding carboxylic acids is 2. The number of rotatable bonds is 10. The Morgan fingerprint density at radius 2 is 1.22 bits per heavy atom. The van der Waals surface area contributed by atoms with Gasteiger partial charge in [-0.15, -0.1) is 0 Å². The second-order valence-corrected chi connectivity index (χ2v) is 17.3. The van der Waals surface area contributed by atoms with Crippen LogP contribution in [0.5, 0.6) is 0 Å². The van der Waals surface area contributed by atoms with Gasteiger partial charge in [0.05, 0.1) is 22.2 Å². The van der Waals surface area contributed by atoms with Crippen LogP contribution in [0.4, 0.5) is 28.4 Å². The maximum absolute atomic E-state index is 13.5. The Kier molecular flexibility index (Phi) is 11.7. The lowest BCUT2D eigenvalue weighted by atomic mass is 9.93. The molecule has 65 heavy (non-hydrogen) atoms. The van der Waals surface area contributed by atoms with Gasteiger partial charge in [-0.2, -0.15) is 8.42 Å². The van der Waals surface area contributed by atoms with Crippen LogP contribution in [0.1, 0.15) is 64.5 Å². The number of fused-ring (bicyclic) bond motifs is 2. The van der Waals surface area contributed by atoms with Crippen molar-refractivity contribution in [3.63, 3.8) is 0 Å². The van der Waals surface area contributed by atoms with E-state index in [0.29, 0.717) is 72.8 Å².